The van der Waals surface area contributed by atoms with Gasteiger partial charge in [-0.1, -0.05) is 0 Å². The number of hydrogen-bond acceptors (Lipinski definition) is 7. The van der Waals surface area contributed by atoms with Crippen LogP contribution < -0.4 is 0 Å². The molecule has 1 aliphatic rings. The number of methoxy groups -OCH3 is 1. The second-order valence-corrected chi connectivity index (χ2v) is 3.22. The van der Waals surface area contributed by atoms with Crippen molar-refractivity contribution in [2.75, 3.05) is 13.7 Å². The quantitative estimate of drug-likeness (QED) is 0.363. The van der Waals surface area contributed by atoms with Crippen molar-refractivity contribution in [2.45, 2.75) is 30.6 Å². The number of rotatable bonds is 3. The molecule has 1 aliphatic heterocycles. The fourth-order valence-electron chi connectivity index (χ4n) is 1.51. The van der Waals surface area contributed by atoms with Crippen molar-refractivity contribution in [3.63, 3.8) is 0 Å². The molecular weight excluding hydrogens is 210 g/mol. The molecule has 1 rings (SSSR count). The third-order valence-electron chi connectivity index (χ3n) is 2.32. The fraction of sp³-hybridized carbons (Fsp3) is 1.00. The molecule has 8 heteroatoms. The van der Waals surface area contributed by atoms with Gasteiger partial charge in [0.1, 0.15) is 6.10 Å². The fourth-order valence-corrected chi connectivity index (χ4v) is 1.51. The van der Waals surface area contributed by atoms with E-state index in [9.17, 15) is 20.3 Å². The Morgan fingerprint density at radius 2 is 2.07 bits per heavy atom. The minimum atomic E-state index is -1.62. The van der Waals surface area contributed by atoms with Gasteiger partial charge in [-0.15, -0.1) is 0 Å². The molecule has 0 amide bonds. The standard InChI is InChI=1S/C7H13NO7/c1-14-7-6(11)4(8(12)13)5(10)3(2-9)15-7/h3-7,9-11H,2H2,1H3/t3-,4+,5-,6-,7?/m1/s1. The molecule has 1 saturated heterocycles. The van der Waals surface area contributed by atoms with Crippen LogP contribution >= 0.6 is 0 Å². The summed E-state index contributed by atoms with van der Waals surface area (Å²) in [6.45, 7) is -0.585. The molecule has 1 heterocycles. The zero-order valence-corrected chi connectivity index (χ0v) is 8.02. The molecule has 0 aromatic heterocycles. The molecule has 88 valence electrons. The molecule has 1 fully saturated rings. The van der Waals surface area contributed by atoms with E-state index in [1.165, 1.54) is 7.11 Å². The third-order valence-corrected chi connectivity index (χ3v) is 2.32. The highest BCUT2D eigenvalue weighted by Crippen LogP contribution is 2.23. The number of nitro groups is 1. The van der Waals surface area contributed by atoms with E-state index in [0.29, 0.717) is 0 Å². The summed E-state index contributed by atoms with van der Waals surface area (Å²) in [6, 6.07) is -1.62. The Kier molecular flexibility index (Phi) is 3.94. The maximum atomic E-state index is 10.6. The van der Waals surface area contributed by atoms with Gasteiger partial charge in [0.25, 0.3) is 6.04 Å². The van der Waals surface area contributed by atoms with Crippen LogP contribution in [0, 0.1) is 10.1 Å². The molecule has 0 bridgehead atoms. The number of hydrogen-bond donors (Lipinski definition) is 3. The largest absolute Gasteiger partial charge is 0.394 e. The zero-order chi connectivity index (χ0) is 11.6. The summed E-state index contributed by atoms with van der Waals surface area (Å²) in [5.41, 5.74) is 0. The molecule has 0 aromatic rings. The molecule has 0 aromatic carbocycles. The van der Waals surface area contributed by atoms with E-state index in [4.69, 9.17) is 9.84 Å². The van der Waals surface area contributed by atoms with E-state index in [0.717, 1.165) is 0 Å². The topological polar surface area (TPSA) is 122 Å². The Morgan fingerprint density at radius 3 is 2.47 bits per heavy atom. The Labute approximate surface area is 85.2 Å². The van der Waals surface area contributed by atoms with Gasteiger partial charge < -0.3 is 24.8 Å². The number of aliphatic hydroxyl groups excluding tert-OH is 3. The van der Waals surface area contributed by atoms with Crippen molar-refractivity contribution in [2.24, 2.45) is 0 Å². The number of nitrogens with zero attached hydrogens (tertiary/aromatic N) is 1. The second kappa shape index (κ2) is 4.81. The molecule has 0 aliphatic carbocycles. The Bertz CT molecular complexity index is 219. The lowest BCUT2D eigenvalue weighted by atomic mass is 9.97. The van der Waals surface area contributed by atoms with E-state index in [2.05, 4.69) is 4.74 Å². The van der Waals surface area contributed by atoms with Crippen LogP contribution in [0.5, 0.6) is 0 Å². The number of aliphatic hydroxyl groups is 3. The first-order valence-corrected chi connectivity index (χ1v) is 4.31. The molecule has 0 radical (unpaired) electrons. The average molecular weight is 223 g/mol. The molecule has 15 heavy (non-hydrogen) atoms. The molecule has 0 spiro atoms. The van der Waals surface area contributed by atoms with Gasteiger partial charge in [0, 0.05) is 12.0 Å². The Hall–Kier alpha value is -0.800. The first-order valence-electron chi connectivity index (χ1n) is 4.31. The van der Waals surface area contributed by atoms with Crippen LogP contribution in [0.15, 0.2) is 0 Å². The highest BCUT2D eigenvalue weighted by atomic mass is 16.7. The lowest BCUT2D eigenvalue weighted by Gasteiger charge is -2.36. The van der Waals surface area contributed by atoms with Crippen molar-refractivity contribution in [1.82, 2.24) is 0 Å². The van der Waals surface area contributed by atoms with Gasteiger partial charge in [-0.25, -0.2) is 0 Å². The lowest BCUT2D eigenvalue weighted by Crippen LogP contribution is -2.61. The molecule has 0 saturated carbocycles. The van der Waals surface area contributed by atoms with Gasteiger partial charge in [0.15, 0.2) is 18.5 Å². The van der Waals surface area contributed by atoms with Crippen LogP contribution in [0.1, 0.15) is 0 Å². The van der Waals surface area contributed by atoms with E-state index >= 15 is 0 Å². The van der Waals surface area contributed by atoms with Gasteiger partial charge in [0.2, 0.25) is 0 Å². The van der Waals surface area contributed by atoms with Gasteiger partial charge in [-0.05, 0) is 0 Å². The normalized spacial score (nSPS) is 41.5. The first kappa shape index (κ1) is 12.3. The van der Waals surface area contributed by atoms with Gasteiger partial charge in [-0.3, -0.25) is 10.1 Å². The van der Waals surface area contributed by atoms with Gasteiger partial charge >= 0.3 is 0 Å². The predicted octanol–water partition coefficient (Wildman–Crippen LogP) is -2.28. The third kappa shape index (κ3) is 2.24. The summed E-state index contributed by atoms with van der Waals surface area (Å²) in [4.78, 5) is 9.78. The molecular formula is C7H13NO7. The van der Waals surface area contributed by atoms with Crippen molar-refractivity contribution in [1.29, 1.82) is 0 Å². The monoisotopic (exact) mass is 223 g/mol. The van der Waals surface area contributed by atoms with Gasteiger partial charge in [-0.2, -0.15) is 0 Å². The Balaban J connectivity index is 2.86. The molecule has 8 nitrogen and oxygen atoms in total. The summed E-state index contributed by atoms with van der Waals surface area (Å²) in [5, 5.41) is 38.3. The summed E-state index contributed by atoms with van der Waals surface area (Å²) in [6.07, 6.45) is -5.48. The molecule has 1 unspecified atom stereocenters. The number of ether oxygens (including phenoxy) is 2. The van der Waals surface area contributed by atoms with E-state index in [1.807, 2.05) is 0 Å². The molecule has 3 N–H and O–H groups in total. The van der Waals surface area contributed by atoms with Crippen molar-refractivity contribution >= 4 is 0 Å². The summed E-state index contributed by atoms with van der Waals surface area (Å²) >= 11 is 0. The van der Waals surface area contributed by atoms with Crippen LogP contribution in [0.3, 0.4) is 0 Å². The summed E-state index contributed by atoms with van der Waals surface area (Å²) in [7, 11) is 1.21. The predicted molar refractivity (Wildman–Crippen MR) is 45.6 cm³/mol. The SMILES string of the molecule is COC1O[C@H](CO)[C@@H](O)[C@H]([N+](=O)[O-])[C@H]1O. The average Bonchev–Trinajstić information content (AvgIpc) is 2.18. The molecule has 5 atom stereocenters. The van der Waals surface area contributed by atoms with E-state index < -0.39 is 42.2 Å². The van der Waals surface area contributed by atoms with Crippen LogP contribution in [-0.4, -0.2) is 64.6 Å². The maximum absolute atomic E-state index is 10.6. The van der Waals surface area contributed by atoms with Crippen molar-refractivity contribution in [3.8, 4) is 0 Å². The van der Waals surface area contributed by atoms with Crippen LogP contribution in [0.25, 0.3) is 0 Å². The van der Waals surface area contributed by atoms with Crippen LogP contribution in [0.4, 0.5) is 0 Å². The van der Waals surface area contributed by atoms with E-state index in [1.54, 1.807) is 0 Å². The van der Waals surface area contributed by atoms with Gasteiger partial charge in [0.05, 0.1) is 6.61 Å². The van der Waals surface area contributed by atoms with E-state index in [-0.39, 0.29) is 0 Å². The minimum absolute atomic E-state index is 0.585. The second-order valence-electron chi connectivity index (χ2n) is 3.22. The summed E-state index contributed by atoms with van der Waals surface area (Å²) < 4.78 is 9.58. The summed E-state index contributed by atoms with van der Waals surface area (Å²) in [5.74, 6) is 0. The highest BCUT2D eigenvalue weighted by Gasteiger charge is 2.51. The smallest absolute Gasteiger partial charge is 0.271 e. The highest BCUT2D eigenvalue weighted by molar-refractivity contribution is 4.89. The van der Waals surface area contributed by atoms with Crippen molar-refractivity contribution < 1.29 is 29.7 Å². The minimum Gasteiger partial charge on any atom is -0.394 e. The Morgan fingerprint density at radius 1 is 1.47 bits per heavy atom. The zero-order valence-electron chi connectivity index (χ0n) is 8.02. The van der Waals surface area contributed by atoms with Crippen LogP contribution in [0.2, 0.25) is 0 Å². The van der Waals surface area contributed by atoms with Crippen LogP contribution in [-0.2, 0) is 9.47 Å². The van der Waals surface area contributed by atoms with Crippen molar-refractivity contribution in [3.05, 3.63) is 10.1 Å². The maximum Gasteiger partial charge on any atom is 0.271 e. The first-order chi connectivity index (χ1) is 7.02. The lowest BCUT2D eigenvalue weighted by molar-refractivity contribution is -0.565.